The standard InChI is InChI=1S/C14H12BrCl2NO/c1-19-14-5-2-10(15)6-9(14)8-18-13-4-3-11(16)7-12(13)17/h2-7,18H,8H2,1H3. The summed E-state index contributed by atoms with van der Waals surface area (Å²) in [4.78, 5) is 0. The molecule has 2 rings (SSSR count). The highest BCUT2D eigenvalue weighted by Gasteiger charge is 2.05. The van der Waals surface area contributed by atoms with Crippen molar-refractivity contribution in [3.63, 3.8) is 0 Å². The Balaban J connectivity index is 2.16. The highest BCUT2D eigenvalue weighted by Crippen LogP contribution is 2.28. The summed E-state index contributed by atoms with van der Waals surface area (Å²) in [5.74, 6) is 0.834. The van der Waals surface area contributed by atoms with Gasteiger partial charge < -0.3 is 10.1 Å². The first-order valence-corrected chi connectivity index (χ1v) is 7.16. The van der Waals surface area contributed by atoms with E-state index >= 15 is 0 Å². The Labute approximate surface area is 130 Å². The Morgan fingerprint density at radius 1 is 1.16 bits per heavy atom. The van der Waals surface area contributed by atoms with Crippen molar-refractivity contribution in [2.24, 2.45) is 0 Å². The summed E-state index contributed by atoms with van der Waals surface area (Å²) in [7, 11) is 1.65. The fourth-order valence-corrected chi connectivity index (χ4v) is 2.59. The highest BCUT2D eigenvalue weighted by molar-refractivity contribution is 9.10. The number of rotatable bonds is 4. The van der Waals surface area contributed by atoms with Gasteiger partial charge in [-0.2, -0.15) is 0 Å². The van der Waals surface area contributed by atoms with Crippen molar-refractivity contribution in [1.82, 2.24) is 0 Å². The number of halogens is 3. The van der Waals surface area contributed by atoms with Crippen molar-refractivity contribution in [3.05, 3.63) is 56.5 Å². The molecule has 19 heavy (non-hydrogen) atoms. The number of methoxy groups -OCH3 is 1. The van der Waals surface area contributed by atoms with Crippen LogP contribution in [-0.2, 0) is 6.54 Å². The quantitative estimate of drug-likeness (QED) is 0.790. The minimum absolute atomic E-state index is 0.599. The Bertz CT molecular complexity index is 590. The first-order valence-electron chi connectivity index (χ1n) is 5.61. The molecule has 1 N–H and O–H groups in total. The molecule has 0 unspecified atom stereocenters. The van der Waals surface area contributed by atoms with E-state index < -0.39 is 0 Å². The zero-order valence-electron chi connectivity index (χ0n) is 10.2. The lowest BCUT2D eigenvalue weighted by molar-refractivity contribution is 0.410. The van der Waals surface area contributed by atoms with Gasteiger partial charge >= 0.3 is 0 Å². The summed E-state index contributed by atoms with van der Waals surface area (Å²) in [6.45, 7) is 0.615. The minimum Gasteiger partial charge on any atom is -0.496 e. The molecular formula is C14H12BrCl2NO. The monoisotopic (exact) mass is 359 g/mol. The van der Waals surface area contributed by atoms with Gasteiger partial charge in [0.1, 0.15) is 5.75 Å². The van der Waals surface area contributed by atoms with Gasteiger partial charge in [0, 0.05) is 21.6 Å². The summed E-state index contributed by atoms with van der Waals surface area (Å²) in [5.41, 5.74) is 1.89. The maximum atomic E-state index is 6.11. The van der Waals surface area contributed by atoms with Crippen molar-refractivity contribution in [2.75, 3.05) is 12.4 Å². The van der Waals surface area contributed by atoms with Crippen LogP contribution in [0.1, 0.15) is 5.56 Å². The van der Waals surface area contributed by atoms with E-state index in [0.29, 0.717) is 16.6 Å². The number of benzene rings is 2. The lowest BCUT2D eigenvalue weighted by Gasteiger charge is -2.12. The molecule has 0 radical (unpaired) electrons. The third kappa shape index (κ3) is 3.78. The Morgan fingerprint density at radius 2 is 1.95 bits per heavy atom. The maximum Gasteiger partial charge on any atom is 0.123 e. The zero-order chi connectivity index (χ0) is 13.8. The summed E-state index contributed by atoms with van der Waals surface area (Å²) in [5, 5.41) is 4.49. The van der Waals surface area contributed by atoms with Gasteiger partial charge in [0.2, 0.25) is 0 Å². The van der Waals surface area contributed by atoms with Crippen molar-refractivity contribution in [1.29, 1.82) is 0 Å². The summed E-state index contributed by atoms with van der Waals surface area (Å²) in [6, 6.07) is 11.2. The molecule has 0 aliphatic heterocycles. The van der Waals surface area contributed by atoms with Gasteiger partial charge in [0.05, 0.1) is 17.8 Å². The van der Waals surface area contributed by atoms with Gasteiger partial charge in [0.25, 0.3) is 0 Å². The number of nitrogens with one attached hydrogen (secondary N) is 1. The minimum atomic E-state index is 0.599. The van der Waals surface area contributed by atoms with Crippen LogP contribution in [0, 0.1) is 0 Å². The predicted molar refractivity (Wildman–Crippen MR) is 84.5 cm³/mol. The van der Waals surface area contributed by atoms with Gasteiger partial charge in [-0.15, -0.1) is 0 Å². The number of ether oxygens (including phenoxy) is 1. The van der Waals surface area contributed by atoms with E-state index in [1.54, 1.807) is 19.2 Å². The molecule has 0 aliphatic rings. The van der Waals surface area contributed by atoms with E-state index in [1.807, 2.05) is 24.3 Å². The molecule has 0 bridgehead atoms. The molecule has 0 aliphatic carbocycles. The third-order valence-corrected chi connectivity index (χ3v) is 3.68. The van der Waals surface area contributed by atoms with Crippen LogP contribution in [0.2, 0.25) is 10.0 Å². The van der Waals surface area contributed by atoms with E-state index in [0.717, 1.165) is 21.5 Å². The number of anilines is 1. The molecule has 100 valence electrons. The van der Waals surface area contributed by atoms with Crippen molar-refractivity contribution in [3.8, 4) is 5.75 Å². The average molecular weight is 361 g/mol. The molecule has 0 heterocycles. The zero-order valence-corrected chi connectivity index (χ0v) is 13.3. The summed E-state index contributed by atoms with van der Waals surface area (Å²) in [6.07, 6.45) is 0. The molecule has 0 aromatic heterocycles. The second-order valence-corrected chi connectivity index (χ2v) is 5.69. The molecule has 0 amide bonds. The van der Waals surface area contributed by atoms with E-state index in [2.05, 4.69) is 21.2 Å². The van der Waals surface area contributed by atoms with Crippen LogP contribution >= 0.6 is 39.1 Å². The molecular weight excluding hydrogens is 349 g/mol. The first-order chi connectivity index (χ1) is 9.10. The second-order valence-electron chi connectivity index (χ2n) is 3.93. The van der Waals surface area contributed by atoms with Crippen molar-refractivity contribution < 1.29 is 4.74 Å². The molecule has 0 saturated heterocycles. The largest absolute Gasteiger partial charge is 0.496 e. The molecule has 0 fully saturated rings. The van der Waals surface area contributed by atoms with Crippen molar-refractivity contribution in [2.45, 2.75) is 6.54 Å². The molecule has 0 atom stereocenters. The summed E-state index contributed by atoms with van der Waals surface area (Å²) < 4.78 is 6.33. The maximum absolute atomic E-state index is 6.11. The second kappa shape index (κ2) is 6.51. The predicted octanol–water partition coefficient (Wildman–Crippen LogP) is 5.38. The first kappa shape index (κ1) is 14.5. The molecule has 0 spiro atoms. The molecule has 5 heteroatoms. The van der Waals surface area contributed by atoms with E-state index in [4.69, 9.17) is 27.9 Å². The number of hydrogen-bond acceptors (Lipinski definition) is 2. The van der Waals surface area contributed by atoms with Crippen LogP contribution in [0.25, 0.3) is 0 Å². The highest BCUT2D eigenvalue weighted by atomic mass is 79.9. The van der Waals surface area contributed by atoms with E-state index in [9.17, 15) is 0 Å². The van der Waals surface area contributed by atoms with Crippen LogP contribution in [0.3, 0.4) is 0 Å². The lowest BCUT2D eigenvalue weighted by Crippen LogP contribution is -2.02. The Morgan fingerprint density at radius 3 is 2.63 bits per heavy atom. The fraction of sp³-hybridized carbons (Fsp3) is 0.143. The van der Waals surface area contributed by atoms with Crippen LogP contribution in [0.5, 0.6) is 5.75 Å². The molecule has 2 nitrogen and oxygen atoms in total. The molecule has 2 aromatic rings. The van der Waals surface area contributed by atoms with Crippen LogP contribution < -0.4 is 10.1 Å². The SMILES string of the molecule is COc1ccc(Br)cc1CNc1ccc(Cl)cc1Cl. The Hall–Kier alpha value is -0.900. The van der Waals surface area contributed by atoms with Gasteiger partial charge in [-0.1, -0.05) is 39.1 Å². The van der Waals surface area contributed by atoms with Gasteiger partial charge in [0.15, 0.2) is 0 Å². The van der Waals surface area contributed by atoms with E-state index in [1.165, 1.54) is 0 Å². The summed E-state index contributed by atoms with van der Waals surface area (Å²) >= 11 is 15.4. The smallest absolute Gasteiger partial charge is 0.123 e. The van der Waals surface area contributed by atoms with Crippen LogP contribution in [0.4, 0.5) is 5.69 Å². The van der Waals surface area contributed by atoms with Gasteiger partial charge in [-0.3, -0.25) is 0 Å². The van der Waals surface area contributed by atoms with E-state index in [-0.39, 0.29) is 0 Å². The van der Waals surface area contributed by atoms with Gasteiger partial charge in [-0.05, 0) is 36.4 Å². The average Bonchev–Trinajstić information content (AvgIpc) is 2.38. The third-order valence-electron chi connectivity index (χ3n) is 2.64. The van der Waals surface area contributed by atoms with Crippen molar-refractivity contribution >= 4 is 44.8 Å². The molecule has 0 saturated carbocycles. The Kier molecular flexibility index (Phi) is 4.97. The van der Waals surface area contributed by atoms with Gasteiger partial charge in [-0.25, -0.2) is 0 Å². The topological polar surface area (TPSA) is 21.3 Å². The number of hydrogen-bond donors (Lipinski definition) is 1. The van der Waals surface area contributed by atoms with Crippen LogP contribution in [0.15, 0.2) is 40.9 Å². The fourth-order valence-electron chi connectivity index (χ4n) is 1.71. The molecule has 2 aromatic carbocycles. The normalized spacial score (nSPS) is 10.3. The lowest BCUT2D eigenvalue weighted by atomic mass is 10.2. The van der Waals surface area contributed by atoms with Crippen LogP contribution in [-0.4, -0.2) is 7.11 Å².